The van der Waals surface area contributed by atoms with Crippen LogP contribution >= 0.6 is 11.8 Å². The summed E-state index contributed by atoms with van der Waals surface area (Å²) in [4.78, 5) is 15.6. The van der Waals surface area contributed by atoms with Crippen molar-refractivity contribution in [2.45, 2.75) is 16.9 Å². The van der Waals surface area contributed by atoms with Crippen molar-refractivity contribution in [2.75, 3.05) is 39.1 Å². The van der Waals surface area contributed by atoms with Gasteiger partial charge in [0.15, 0.2) is 0 Å². The number of ether oxygens (including phenoxy) is 1. The number of nitrogens with one attached hydrogen (secondary N) is 1. The third kappa shape index (κ3) is 2.71. The fraction of sp³-hybridized carbons (Fsp3) is 0.533. The average molecular weight is 292 g/mol. The molecule has 3 rings (SSSR count). The van der Waals surface area contributed by atoms with Gasteiger partial charge in [-0.15, -0.1) is 11.8 Å². The number of thioether (sulfide) groups is 1. The molecular formula is C15H20N2O2S. The Hall–Kier alpha value is -1.04. The number of hydrogen-bond acceptors (Lipinski definition) is 4. The van der Waals surface area contributed by atoms with Crippen LogP contribution in [0.2, 0.25) is 0 Å². The van der Waals surface area contributed by atoms with Crippen LogP contribution < -0.4 is 5.32 Å². The van der Waals surface area contributed by atoms with Gasteiger partial charge in [-0.25, -0.2) is 0 Å². The first-order chi connectivity index (χ1) is 9.79. The highest BCUT2D eigenvalue weighted by Crippen LogP contribution is 2.39. The Morgan fingerprint density at radius 2 is 2.35 bits per heavy atom. The maximum atomic E-state index is 12.0. The standard InChI is InChI=1S/C15H20N2O2S/c1-16-15(18)13-9-19-7-6-17(13)8-11-10-20-14-5-3-2-4-12(11)14/h2-5,11,13H,6-10H2,1H3,(H,16,18). The second kappa shape index (κ2) is 6.16. The number of fused-ring (bicyclic) bond motifs is 1. The molecule has 0 radical (unpaired) electrons. The fourth-order valence-electron chi connectivity index (χ4n) is 2.93. The average Bonchev–Trinajstić information content (AvgIpc) is 2.90. The van der Waals surface area contributed by atoms with Crippen LogP contribution in [0.4, 0.5) is 0 Å². The molecule has 1 aromatic rings. The molecule has 2 aliphatic heterocycles. The first kappa shape index (κ1) is 13.9. The van der Waals surface area contributed by atoms with Crippen LogP contribution in [0.3, 0.4) is 0 Å². The molecule has 0 aliphatic carbocycles. The van der Waals surface area contributed by atoms with E-state index in [2.05, 4.69) is 34.5 Å². The Morgan fingerprint density at radius 1 is 1.50 bits per heavy atom. The molecule has 108 valence electrons. The minimum Gasteiger partial charge on any atom is -0.378 e. The Morgan fingerprint density at radius 3 is 3.20 bits per heavy atom. The van der Waals surface area contributed by atoms with Crippen LogP contribution in [-0.2, 0) is 9.53 Å². The molecule has 1 aromatic carbocycles. The van der Waals surface area contributed by atoms with E-state index in [1.54, 1.807) is 7.05 Å². The van der Waals surface area contributed by atoms with Crippen LogP contribution in [0, 0.1) is 0 Å². The predicted molar refractivity (Wildman–Crippen MR) is 80.2 cm³/mol. The zero-order chi connectivity index (χ0) is 13.9. The lowest BCUT2D eigenvalue weighted by Gasteiger charge is -2.35. The van der Waals surface area contributed by atoms with Gasteiger partial charge in [-0.1, -0.05) is 18.2 Å². The van der Waals surface area contributed by atoms with E-state index in [1.165, 1.54) is 10.5 Å². The number of benzene rings is 1. The summed E-state index contributed by atoms with van der Waals surface area (Å²) in [5.74, 6) is 1.68. The smallest absolute Gasteiger partial charge is 0.239 e. The zero-order valence-electron chi connectivity index (χ0n) is 11.7. The Balaban J connectivity index is 1.72. The van der Waals surface area contributed by atoms with E-state index in [4.69, 9.17) is 4.74 Å². The highest BCUT2D eigenvalue weighted by atomic mass is 32.2. The number of hydrogen-bond donors (Lipinski definition) is 1. The van der Waals surface area contributed by atoms with Crippen LogP contribution in [0.1, 0.15) is 11.5 Å². The molecular weight excluding hydrogens is 272 g/mol. The van der Waals surface area contributed by atoms with Crippen molar-refractivity contribution in [1.29, 1.82) is 0 Å². The highest BCUT2D eigenvalue weighted by Gasteiger charge is 2.32. The minimum absolute atomic E-state index is 0.0589. The van der Waals surface area contributed by atoms with Gasteiger partial charge in [0.2, 0.25) is 5.91 Å². The first-order valence-electron chi connectivity index (χ1n) is 7.04. The number of rotatable bonds is 3. The number of amides is 1. The van der Waals surface area contributed by atoms with E-state index < -0.39 is 0 Å². The summed E-state index contributed by atoms with van der Waals surface area (Å²) in [6, 6.07) is 8.46. The van der Waals surface area contributed by atoms with Crippen LogP contribution in [-0.4, -0.2) is 56.0 Å². The van der Waals surface area contributed by atoms with Crippen molar-refractivity contribution in [3.05, 3.63) is 29.8 Å². The van der Waals surface area contributed by atoms with Crippen molar-refractivity contribution in [3.8, 4) is 0 Å². The summed E-state index contributed by atoms with van der Waals surface area (Å²) >= 11 is 1.92. The largest absolute Gasteiger partial charge is 0.378 e. The van der Waals surface area contributed by atoms with E-state index in [0.717, 1.165) is 25.4 Å². The van der Waals surface area contributed by atoms with E-state index in [0.29, 0.717) is 12.5 Å². The van der Waals surface area contributed by atoms with E-state index >= 15 is 0 Å². The van der Waals surface area contributed by atoms with E-state index in [9.17, 15) is 4.79 Å². The number of likely N-dealkylation sites (N-methyl/N-ethyl adjacent to an activating group) is 1. The molecule has 5 heteroatoms. The lowest BCUT2D eigenvalue weighted by Crippen LogP contribution is -2.54. The number of carbonyl (C=O) groups excluding carboxylic acids is 1. The molecule has 2 unspecified atom stereocenters. The molecule has 2 heterocycles. The quantitative estimate of drug-likeness (QED) is 0.912. The number of morpholine rings is 1. The lowest BCUT2D eigenvalue weighted by molar-refractivity contribution is -0.132. The molecule has 0 aromatic heterocycles. The van der Waals surface area contributed by atoms with Gasteiger partial charge in [0.25, 0.3) is 0 Å². The van der Waals surface area contributed by atoms with Crippen LogP contribution in [0.5, 0.6) is 0 Å². The van der Waals surface area contributed by atoms with Gasteiger partial charge in [0.05, 0.1) is 13.2 Å². The summed E-state index contributed by atoms with van der Waals surface area (Å²) in [6.07, 6.45) is 0. The molecule has 1 amide bonds. The normalized spacial score (nSPS) is 26.2. The Bertz CT molecular complexity index is 495. The zero-order valence-corrected chi connectivity index (χ0v) is 12.5. The van der Waals surface area contributed by atoms with Gasteiger partial charge in [-0.3, -0.25) is 9.69 Å². The number of nitrogens with zero attached hydrogens (tertiary/aromatic N) is 1. The number of carbonyl (C=O) groups is 1. The van der Waals surface area contributed by atoms with Crippen LogP contribution in [0.15, 0.2) is 29.2 Å². The van der Waals surface area contributed by atoms with Crippen molar-refractivity contribution >= 4 is 17.7 Å². The van der Waals surface area contributed by atoms with Gasteiger partial charge < -0.3 is 10.1 Å². The summed E-state index contributed by atoms with van der Waals surface area (Å²) in [6.45, 7) is 2.99. The topological polar surface area (TPSA) is 41.6 Å². The molecule has 2 aliphatic rings. The van der Waals surface area contributed by atoms with Gasteiger partial charge in [-0.2, -0.15) is 0 Å². The monoisotopic (exact) mass is 292 g/mol. The fourth-order valence-corrected chi connectivity index (χ4v) is 4.17. The molecule has 1 fully saturated rings. The van der Waals surface area contributed by atoms with Crippen LogP contribution in [0.25, 0.3) is 0 Å². The summed E-state index contributed by atoms with van der Waals surface area (Å²) in [5.41, 5.74) is 1.43. The molecule has 0 spiro atoms. The predicted octanol–water partition coefficient (Wildman–Crippen LogP) is 1.32. The summed E-state index contributed by atoms with van der Waals surface area (Å²) in [5, 5.41) is 2.74. The molecule has 20 heavy (non-hydrogen) atoms. The summed E-state index contributed by atoms with van der Waals surface area (Å²) < 4.78 is 5.46. The maximum absolute atomic E-state index is 12.0. The molecule has 1 saturated heterocycles. The van der Waals surface area contributed by atoms with Crippen molar-refractivity contribution in [2.24, 2.45) is 0 Å². The third-order valence-corrected chi connectivity index (χ3v) is 5.29. The van der Waals surface area contributed by atoms with Crippen molar-refractivity contribution in [3.63, 3.8) is 0 Å². The van der Waals surface area contributed by atoms with Gasteiger partial charge in [0.1, 0.15) is 6.04 Å². The molecule has 1 N–H and O–H groups in total. The SMILES string of the molecule is CNC(=O)C1COCCN1CC1CSc2ccccc21. The van der Waals surface area contributed by atoms with Gasteiger partial charge in [0, 0.05) is 36.7 Å². The van der Waals surface area contributed by atoms with Gasteiger partial charge in [-0.05, 0) is 11.6 Å². The molecule has 4 nitrogen and oxygen atoms in total. The highest BCUT2D eigenvalue weighted by molar-refractivity contribution is 7.99. The van der Waals surface area contributed by atoms with Crippen molar-refractivity contribution in [1.82, 2.24) is 10.2 Å². The second-order valence-corrected chi connectivity index (χ2v) is 6.31. The molecule has 0 bridgehead atoms. The Labute approximate surface area is 123 Å². The molecule has 0 saturated carbocycles. The minimum atomic E-state index is -0.147. The van der Waals surface area contributed by atoms with Gasteiger partial charge >= 0.3 is 0 Å². The first-order valence-corrected chi connectivity index (χ1v) is 8.03. The van der Waals surface area contributed by atoms with E-state index in [1.807, 2.05) is 11.8 Å². The Kier molecular flexibility index (Phi) is 4.29. The third-order valence-electron chi connectivity index (χ3n) is 4.04. The maximum Gasteiger partial charge on any atom is 0.239 e. The second-order valence-electron chi connectivity index (χ2n) is 5.25. The van der Waals surface area contributed by atoms with Crippen molar-refractivity contribution < 1.29 is 9.53 Å². The lowest BCUT2D eigenvalue weighted by atomic mass is 9.99. The van der Waals surface area contributed by atoms with E-state index in [-0.39, 0.29) is 11.9 Å². The summed E-state index contributed by atoms with van der Waals surface area (Å²) in [7, 11) is 1.69. The molecule has 2 atom stereocenters.